The lowest BCUT2D eigenvalue weighted by molar-refractivity contribution is 1.29. The summed E-state index contributed by atoms with van der Waals surface area (Å²) < 4.78 is 0. The molecule has 12 aromatic carbocycles. The number of fused-ring (bicyclic) bond motifs is 7. The van der Waals surface area contributed by atoms with Crippen LogP contribution in [0.15, 0.2) is 249 Å². The topological polar surface area (TPSA) is 3.24 Å². The molecule has 0 saturated carbocycles. The zero-order chi connectivity index (χ0) is 41.7. The second-order valence-electron chi connectivity index (χ2n) is 16.5. The van der Waals surface area contributed by atoms with Crippen molar-refractivity contribution in [2.75, 3.05) is 4.90 Å². The molecule has 0 radical (unpaired) electrons. The van der Waals surface area contributed by atoms with Crippen LogP contribution in [0.4, 0.5) is 17.1 Å². The van der Waals surface area contributed by atoms with Crippen LogP contribution in [0.5, 0.6) is 0 Å². The fourth-order valence-corrected chi connectivity index (χ4v) is 9.76. The standard InChI is InChI=1S/C62H41N/c1-3-16-45(17-4-1)61-59-25-12-11-24-57(59)58-36-32-50(41-60(58)62(61)46-18-5-2-6-19-46)48-21-13-22-53(39-48)63(54-35-37-56-51(40-54)29-27-44-15-9-10-23-55(44)56)52-33-30-43(31-34-52)49-28-26-42-14-7-8-20-47(42)38-49/h1-41H. The summed E-state index contributed by atoms with van der Waals surface area (Å²) in [7, 11) is 0. The van der Waals surface area contributed by atoms with Gasteiger partial charge in [-0.3, -0.25) is 0 Å². The van der Waals surface area contributed by atoms with Gasteiger partial charge in [0.15, 0.2) is 0 Å². The third-order valence-corrected chi connectivity index (χ3v) is 12.8. The highest BCUT2D eigenvalue weighted by molar-refractivity contribution is 6.22. The molecule has 0 fully saturated rings. The number of benzene rings is 12. The fraction of sp³-hybridized carbons (Fsp3) is 0. The Morgan fingerprint density at radius 2 is 0.667 bits per heavy atom. The Morgan fingerprint density at radius 1 is 0.190 bits per heavy atom. The molecule has 12 rings (SSSR count). The molecule has 0 unspecified atom stereocenters. The summed E-state index contributed by atoms with van der Waals surface area (Å²) in [5, 5.41) is 12.5. The van der Waals surface area contributed by atoms with Crippen LogP contribution in [-0.4, -0.2) is 0 Å². The molecule has 63 heavy (non-hydrogen) atoms. The number of nitrogens with zero attached hydrogens (tertiary/aromatic N) is 1. The van der Waals surface area contributed by atoms with Crippen LogP contribution < -0.4 is 4.90 Å². The van der Waals surface area contributed by atoms with E-state index >= 15 is 0 Å². The average Bonchev–Trinajstić information content (AvgIpc) is 3.36. The lowest BCUT2D eigenvalue weighted by Gasteiger charge is -2.27. The second-order valence-corrected chi connectivity index (χ2v) is 16.5. The molecule has 1 nitrogen and oxygen atoms in total. The van der Waals surface area contributed by atoms with Crippen molar-refractivity contribution in [1.29, 1.82) is 0 Å². The summed E-state index contributed by atoms with van der Waals surface area (Å²) in [4.78, 5) is 2.40. The molecule has 0 saturated heterocycles. The summed E-state index contributed by atoms with van der Waals surface area (Å²) in [6, 6.07) is 91.1. The maximum atomic E-state index is 2.42. The minimum Gasteiger partial charge on any atom is -0.310 e. The molecule has 0 aromatic heterocycles. The van der Waals surface area contributed by atoms with E-state index in [0.29, 0.717) is 0 Å². The molecular weight excluding hydrogens is 759 g/mol. The first-order valence-corrected chi connectivity index (χ1v) is 21.7. The van der Waals surface area contributed by atoms with E-state index in [1.165, 1.54) is 92.8 Å². The summed E-state index contributed by atoms with van der Waals surface area (Å²) in [6.45, 7) is 0. The van der Waals surface area contributed by atoms with Crippen LogP contribution in [-0.2, 0) is 0 Å². The van der Waals surface area contributed by atoms with Crippen molar-refractivity contribution < 1.29 is 0 Å². The van der Waals surface area contributed by atoms with E-state index in [1.807, 2.05) is 0 Å². The van der Waals surface area contributed by atoms with Gasteiger partial charge in [-0.15, -0.1) is 0 Å². The molecule has 0 spiro atoms. The lowest BCUT2D eigenvalue weighted by Crippen LogP contribution is -2.10. The van der Waals surface area contributed by atoms with E-state index in [4.69, 9.17) is 0 Å². The van der Waals surface area contributed by atoms with Crippen LogP contribution in [0.2, 0.25) is 0 Å². The summed E-state index contributed by atoms with van der Waals surface area (Å²) in [5.41, 5.74) is 13.0. The van der Waals surface area contributed by atoms with E-state index in [0.717, 1.165) is 22.6 Å². The van der Waals surface area contributed by atoms with Crippen molar-refractivity contribution in [3.63, 3.8) is 0 Å². The number of hydrogen-bond donors (Lipinski definition) is 0. The molecule has 0 aliphatic rings. The quantitative estimate of drug-likeness (QED) is 0.145. The fourth-order valence-electron chi connectivity index (χ4n) is 9.76. The highest BCUT2D eigenvalue weighted by Crippen LogP contribution is 2.46. The first-order chi connectivity index (χ1) is 31.2. The largest absolute Gasteiger partial charge is 0.310 e. The van der Waals surface area contributed by atoms with Gasteiger partial charge in [-0.05, 0) is 147 Å². The van der Waals surface area contributed by atoms with Gasteiger partial charge in [0, 0.05) is 17.1 Å². The smallest absolute Gasteiger partial charge is 0.0468 e. The SMILES string of the molecule is c1ccc(-c2c(-c3ccccc3)c3cc(-c4cccc(N(c5ccc(-c6ccc7ccccc7c6)cc5)c5ccc6c(ccc7ccccc76)c5)c4)ccc3c3ccccc23)cc1. The third kappa shape index (κ3) is 6.50. The maximum absolute atomic E-state index is 2.42. The average molecular weight is 800 g/mol. The van der Waals surface area contributed by atoms with Crippen LogP contribution in [0.3, 0.4) is 0 Å². The Bertz CT molecular complexity index is 3660. The van der Waals surface area contributed by atoms with Gasteiger partial charge in [0.2, 0.25) is 0 Å². The highest BCUT2D eigenvalue weighted by atomic mass is 15.1. The van der Waals surface area contributed by atoms with Gasteiger partial charge in [-0.25, -0.2) is 0 Å². The molecule has 1 heteroatoms. The highest BCUT2D eigenvalue weighted by Gasteiger charge is 2.20. The molecule has 0 N–H and O–H groups in total. The zero-order valence-electron chi connectivity index (χ0n) is 34.6. The Hall–Kier alpha value is -8.26. The van der Waals surface area contributed by atoms with E-state index in [-0.39, 0.29) is 0 Å². The number of anilines is 3. The molecule has 0 aliphatic heterocycles. The van der Waals surface area contributed by atoms with Crippen molar-refractivity contribution in [1.82, 2.24) is 0 Å². The first-order valence-electron chi connectivity index (χ1n) is 21.7. The van der Waals surface area contributed by atoms with Gasteiger partial charge in [0.25, 0.3) is 0 Å². The predicted molar refractivity (Wildman–Crippen MR) is 270 cm³/mol. The van der Waals surface area contributed by atoms with Crippen LogP contribution >= 0.6 is 0 Å². The van der Waals surface area contributed by atoms with E-state index in [2.05, 4.69) is 254 Å². The molecule has 0 bridgehead atoms. The Kier molecular flexibility index (Phi) is 8.90. The van der Waals surface area contributed by atoms with Gasteiger partial charge < -0.3 is 4.90 Å². The Labute approximate surface area is 367 Å². The number of hydrogen-bond acceptors (Lipinski definition) is 1. The second kappa shape index (κ2) is 15.3. The summed E-state index contributed by atoms with van der Waals surface area (Å²) in [5.74, 6) is 0. The van der Waals surface area contributed by atoms with Gasteiger partial charge in [0.1, 0.15) is 0 Å². The Balaban J connectivity index is 1.03. The van der Waals surface area contributed by atoms with E-state index in [9.17, 15) is 0 Å². The van der Waals surface area contributed by atoms with Crippen LogP contribution in [0.25, 0.3) is 98.4 Å². The lowest BCUT2D eigenvalue weighted by atomic mass is 9.84. The molecule has 0 amide bonds. The molecular formula is C62H41N. The first kappa shape index (κ1) is 36.6. The van der Waals surface area contributed by atoms with Gasteiger partial charge in [-0.1, -0.05) is 200 Å². The van der Waals surface area contributed by atoms with E-state index in [1.54, 1.807) is 0 Å². The van der Waals surface area contributed by atoms with Crippen LogP contribution in [0.1, 0.15) is 0 Å². The van der Waals surface area contributed by atoms with Gasteiger partial charge in [0.05, 0.1) is 0 Å². The maximum Gasteiger partial charge on any atom is 0.0468 e. The summed E-state index contributed by atoms with van der Waals surface area (Å²) >= 11 is 0. The molecule has 294 valence electrons. The zero-order valence-corrected chi connectivity index (χ0v) is 34.6. The molecule has 12 aromatic rings. The van der Waals surface area contributed by atoms with Crippen molar-refractivity contribution in [2.24, 2.45) is 0 Å². The monoisotopic (exact) mass is 799 g/mol. The third-order valence-electron chi connectivity index (χ3n) is 12.8. The van der Waals surface area contributed by atoms with Crippen molar-refractivity contribution >= 4 is 70.9 Å². The van der Waals surface area contributed by atoms with E-state index < -0.39 is 0 Å². The minimum absolute atomic E-state index is 1.10. The molecule has 0 aliphatic carbocycles. The molecule has 0 atom stereocenters. The van der Waals surface area contributed by atoms with Crippen LogP contribution in [0, 0.1) is 0 Å². The Morgan fingerprint density at radius 3 is 1.44 bits per heavy atom. The predicted octanol–water partition coefficient (Wildman–Crippen LogP) is 17.6. The van der Waals surface area contributed by atoms with Gasteiger partial charge >= 0.3 is 0 Å². The van der Waals surface area contributed by atoms with Crippen molar-refractivity contribution in [2.45, 2.75) is 0 Å². The summed E-state index contributed by atoms with van der Waals surface area (Å²) in [6.07, 6.45) is 0. The van der Waals surface area contributed by atoms with Crippen molar-refractivity contribution in [3.8, 4) is 44.5 Å². The normalized spacial score (nSPS) is 11.5. The van der Waals surface area contributed by atoms with Gasteiger partial charge in [-0.2, -0.15) is 0 Å². The molecule has 0 heterocycles. The van der Waals surface area contributed by atoms with Crippen molar-refractivity contribution in [3.05, 3.63) is 249 Å². The minimum atomic E-state index is 1.10. The number of rotatable bonds is 7.